The molecule has 0 aromatic carbocycles. The fourth-order valence-electron chi connectivity index (χ4n) is 2.27. The van der Waals surface area contributed by atoms with Crippen LogP contribution >= 0.6 is 0 Å². The summed E-state index contributed by atoms with van der Waals surface area (Å²) in [7, 11) is 0. The Morgan fingerprint density at radius 1 is 1.30 bits per heavy atom. The van der Waals surface area contributed by atoms with Crippen molar-refractivity contribution in [1.29, 1.82) is 0 Å². The highest BCUT2D eigenvalue weighted by Gasteiger charge is 2.21. The van der Waals surface area contributed by atoms with Crippen LogP contribution in [0.3, 0.4) is 0 Å². The molecule has 3 aromatic heterocycles. The molecule has 3 rings (SSSR count). The lowest BCUT2D eigenvalue weighted by molar-refractivity contribution is 0.0937. The lowest BCUT2D eigenvalue weighted by atomic mass is 10.0. The Labute approximate surface area is 133 Å². The minimum Gasteiger partial charge on any atom is -0.349 e. The maximum Gasteiger partial charge on any atom is 0.270 e. The Kier molecular flexibility index (Phi) is 4.03. The predicted molar refractivity (Wildman–Crippen MR) is 86.7 cm³/mol. The first-order chi connectivity index (χ1) is 11.0. The Morgan fingerprint density at radius 3 is 2.96 bits per heavy atom. The van der Waals surface area contributed by atoms with Crippen molar-refractivity contribution in [1.82, 2.24) is 25.1 Å². The first kappa shape index (κ1) is 15.1. The summed E-state index contributed by atoms with van der Waals surface area (Å²) < 4.78 is 1.74. The molecule has 0 saturated carbocycles. The molecular formula is C16H18N6O. The molecule has 0 fully saturated rings. The van der Waals surface area contributed by atoms with E-state index in [-0.39, 0.29) is 5.91 Å². The summed E-state index contributed by atoms with van der Waals surface area (Å²) in [5.41, 5.74) is 6.48. The van der Waals surface area contributed by atoms with Crippen LogP contribution in [0, 0.1) is 0 Å². The van der Waals surface area contributed by atoms with Crippen LogP contribution in [0.15, 0.2) is 48.9 Å². The zero-order valence-electron chi connectivity index (χ0n) is 12.8. The van der Waals surface area contributed by atoms with Gasteiger partial charge in [0.1, 0.15) is 5.69 Å². The lowest BCUT2D eigenvalue weighted by Gasteiger charge is -2.24. The molecule has 0 radical (unpaired) electrons. The topological polar surface area (TPSA) is 98.7 Å². The van der Waals surface area contributed by atoms with Crippen LogP contribution in [0.25, 0.3) is 11.0 Å². The molecule has 0 aliphatic heterocycles. The minimum atomic E-state index is -0.614. The fourth-order valence-corrected chi connectivity index (χ4v) is 2.27. The summed E-state index contributed by atoms with van der Waals surface area (Å²) in [6.45, 7) is 2.69. The third-order valence-corrected chi connectivity index (χ3v) is 3.43. The zero-order chi connectivity index (χ0) is 16.3. The van der Waals surface area contributed by atoms with Crippen LogP contribution in [-0.2, 0) is 6.54 Å². The van der Waals surface area contributed by atoms with Crippen LogP contribution < -0.4 is 11.1 Å². The van der Waals surface area contributed by atoms with Crippen molar-refractivity contribution in [3.05, 3.63) is 54.6 Å². The van der Waals surface area contributed by atoms with Crippen molar-refractivity contribution < 1.29 is 4.79 Å². The summed E-state index contributed by atoms with van der Waals surface area (Å²) >= 11 is 0. The van der Waals surface area contributed by atoms with E-state index in [1.54, 1.807) is 23.1 Å². The molecule has 0 bridgehead atoms. The van der Waals surface area contributed by atoms with E-state index in [1.165, 1.54) is 0 Å². The van der Waals surface area contributed by atoms with Gasteiger partial charge in [0, 0.05) is 30.5 Å². The number of hydrogen-bond donors (Lipinski definition) is 2. The summed E-state index contributed by atoms with van der Waals surface area (Å²) in [6.07, 6.45) is 5.18. The molecule has 3 N–H and O–H groups in total. The number of rotatable bonds is 5. The summed E-state index contributed by atoms with van der Waals surface area (Å²) in [5.74, 6) is -0.269. The summed E-state index contributed by atoms with van der Waals surface area (Å²) in [5, 5.41) is 7.84. The van der Waals surface area contributed by atoms with Crippen molar-refractivity contribution in [3.63, 3.8) is 0 Å². The number of carbonyl (C=O) groups excluding carboxylic acids is 1. The lowest BCUT2D eigenvalue weighted by Crippen LogP contribution is -2.50. The number of fused-ring (bicyclic) bond motifs is 1. The van der Waals surface area contributed by atoms with Gasteiger partial charge in [-0.25, -0.2) is 9.97 Å². The van der Waals surface area contributed by atoms with E-state index in [4.69, 9.17) is 5.73 Å². The smallest absolute Gasteiger partial charge is 0.270 e. The van der Waals surface area contributed by atoms with Gasteiger partial charge in [0.15, 0.2) is 5.65 Å². The number of nitrogens with zero attached hydrogens (tertiary/aromatic N) is 4. The maximum atomic E-state index is 12.3. The van der Waals surface area contributed by atoms with E-state index in [2.05, 4.69) is 20.4 Å². The molecule has 23 heavy (non-hydrogen) atoms. The number of nitrogens with two attached hydrogens (primary N) is 1. The van der Waals surface area contributed by atoms with E-state index >= 15 is 0 Å². The monoisotopic (exact) mass is 310 g/mol. The molecule has 118 valence electrons. The van der Waals surface area contributed by atoms with Gasteiger partial charge >= 0.3 is 0 Å². The third kappa shape index (κ3) is 3.70. The molecular weight excluding hydrogens is 292 g/mol. The first-order valence-corrected chi connectivity index (χ1v) is 7.30. The number of pyridine rings is 2. The van der Waals surface area contributed by atoms with Crippen LogP contribution in [-0.4, -0.2) is 37.7 Å². The van der Waals surface area contributed by atoms with Gasteiger partial charge in [0.25, 0.3) is 5.91 Å². The fraction of sp³-hybridized carbons (Fsp3) is 0.250. The Hall–Kier alpha value is -2.80. The van der Waals surface area contributed by atoms with Crippen molar-refractivity contribution in [3.8, 4) is 0 Å². The summed E-state index contributed by atoms with van der Waals surface area (Å²) in [4.78, 5) is 20.7. The number of amides is 1. The van der Waals surface area contributed by atoms with Crippen molar-refractivity contribution in [2.24, 2.45) is 5.73 Å². The molecule has 1 amide bonds. The Bertz CT molecular complexity index is 812. The van der Waals surface area contributed by atoms with Crippen LogP contribution in [0.2, 0.25) is 0 Å². The van der Waals surface area contributed by atoms with Crippen molar-refractivity contribution >= 4 is 16.9 Å². The number of aromatic nitrogens is 4. The molecule has 0 aliphatic rings. The van der Waals surface area contributed by atoms with E-state index in [1.807, 2.05) is 37.4 Å². The molecule has 3 aromatic rings. The molecule has 7 nitrogen and oxygen atoms in total. The highest BCUT2D eigenvalue weighted by Crippen LogP contribution is 2.09. The van der Waals surface area contributed by atoms with Crippen molar-refractivity contribution in [2.75, 3.05) is 6.54 Å². The molecule has 0 spiro atoms. The standard InChI is InChI=1S/C16H18N6O/c1-16(17,11-22-9-3-8-20-22)10-19-15(23)13-6-5-12-4-2-7-18-14(12)21-13/h2-9H,10-11,17H2,1H3,(H,19,23). The predicted octanol–water partition coefficient (Wildman–Crippen LogP) is 0.974. The zero-order valence-corrected chi connectivity index (χ0v) is 12.8. The quantitative estimate of drug-likeness (QED) is 0.732. The van der Waals surface area contributed by atoms with E-state index in [9.17, 15) is 4.79 Å². The van der Waals surface area contributed by atoms with Gasteiger partial charge in [-0.2, -0.15) is 5.10 Å². The largest absolute Gasteiger partial charge is 0.349 e. The van der Waals surface area contributed by atoms with Crippen LogP contribution in [0.5, 0.6) is 0 Å². The van der Waals surface area contributed by atoms with Crippen molar-refractivity contribution in [2.45, 2.75) is 19.0 Å². The van der Waals surface area contributed by atoms with Crippen LogP contribution in [0.1, 0.15) is 17.4 Å². The van der Waals surface area contributed by atoms with Gasteiger partial charge in [0.05, 0.1) is 12.1 Å². The number of nitrogens with one attached hydrogen (secondary N) is 1. The average Bonchev–Trinajstić information content (AvgIpc) is 3.04. The van der Waals surface area contributed by atoms with E-state index in [0.717, 1.165) is 5.39 Å². The maximum absolute atomic E-state index is 12.3. The van der Waals surface area contributed by atoms with E-state index in [0.29, 0.717) is 24.4 Å². The normalized spacial score (nSPS) is 13.7. The van der Waals surface area contributed by atoms with Gasteiger partial charge in [0.2, 0.25) is 0 Å². The molecule has 7 heteroatoms. The molecule has 3 heterocycles. The second-order valence-electron chi connectivity index (χ2n) is 5.79. The molecule has 1 atom stereocenters. The minimum absolute atomic E-state index is 0.269. The van der Waals surface area contributed by atoms with E-state index < -0.39 is 5.54 Å². The van der Waals surface area contributed by atoms with Gasteiger partial charge in [-0.1, -0.05) is 0 Å². The highest BCUT2D eigenvalue weighted by molar-refractivity contribution is 5.94. The Morgan fingerprint density at radius 2 is 2.17 bits per heavy atom. The Balaban J connectivity index is 1.65. The molecule has 0 aliphatic carbocycles. The molecule has 0 saturated heterocycles. The first-order valence-electron chi connectivity index (χ1n) is 7.30. The SMILES string of the molecule is CC(N)(CNC(=O)c1ccc2cccnc2n1)Cn1cccn1. The van der Waals surface area contributed by atoms with Gasteiger partial charge in [-0.3, -0.25) is 9.48 Å². The van der Waals surface area contributed by atoms with Crippen LogP contribution in [0.4, 0.5) is 0 Å². The average molecular weight is 310 g/mol. The van der Waals surface area contributed by atoms with Gasteiger partial charge in [-0.15, -0.1) is 0 Å². The van der Waals surface area contributed by atoms with Gasteiger partial charge < -0.3 is 11.1 Å². The third-order valence-electron chi connectivity index (χ3n) is 3.43. The number of hydrogen-bond acceptors (Lipinski definition) is 5. The van der Waals surface area contributed by atoms with Gasteiger partial charge in [-0.05, 0) is 37.3 Å². The summed E-state index contributed by atoms with van der Waals surface area (Å²) in [6, 6.07) is 9.08. The highest BCUT2D eigenvalue weighted by atomic mass is 16.1. The molecule has 1 unspecified atom stereocenters. The second kappa shape index (κ2) is 6.13. The number of carbonyl (C=O) groups is 1. The second-order valence-corrected chi connectivity index (χ2v) is 5.79.